The highest BCUT2D eigenvalue weighted by Crippen LogP contribution is 2.31. The highest BCUT2D eigenvalue weighted by Gasteiger charge is 2.29. The Labute approximate surface area is 117 Å². The van der Waals surface area contributed by atoms with E-state index in [9.17, 15) is 9.59 Å². The zero-order valence-corrected chi connectivity index (χ0v) is 11.2. The van der Waals surface area contributed by atoms with Gasteiger partial charge < -0.3 is 15.5 Å². The number of carbonyl (C=O) groups excluding carboxylic acids is 1. The van der Waals surface area contributed by atoms with Gasteiger partial charge in [0.25, 0.3) is 0 Å². The highest BCUT2D eigenvalue weighted by atomic mass is 16.4. The summed E-state index contributed by atoms with van der Waals surface area (Å²) in [5.41, 5.74) is 2.15. The molecule has 3 N–H and O–H groups in total. The molecule has 108 valence electrons. The van der Waals surface area contributed by atoms with E-state index in [2.05, 4.69) is 5.32 Å². The van der Waals surface area contributed by atoms with Crippen molar-refractivity contribution in [3.63, 3.8) is 0 Å². The Hall–Kier alpha value is -1.88. The number of hydrogen-bond acceptors (Lipinski definition) is 3. The molecule has 0 saturated heterocycles. The van der Waals surface area contributed by atoms with E-state index < -0.39 is 12.0 Å². The van der Waals surface area contributed by atoms with Gasteiger partial charge in [-0.3, -0.25) is 4.79 Å². The number of fused-ring (bicyclic) bond motifs is 1. The molecule has 1 aliphatic carbocycles. The van der Waals surface area contributed by atoms with Gasteiger partial charge in [0.2, 0.25) is 5.91 Å². The van der Waals surface area contributed by atoms with Gasteiger partial charge in [-0.2, -0.15) is 0 Å². The van der Waals surface area contributed by atoms with Crippen LogP contribution in [0.2, 0.25) is 0 Å². The van der Waals surface area contributed by atoms with Gasteiger partial charge in [-0.25, -0.2) is 4.79 Å². The minimum absolute atomic E-state index is 0.0233. The average molecular weight is 277 g/mol. The molecule has 1 amide bonds. The maximum atomic E-state index is 12.3. The summed E-state index contributed by atoms with van der Waals surface area (Å²) in [5.74, 6) is -1.67. The molecule has 5 heteroatoms. The van der Waals surface area contributed by atoms with Crippen LogP contribution >= 0.6 is 0 Å². The minimum atomic E-state index is -1.11. The molecule has 0 radical (unpaired) electrons. The normalized spacial score (nSPS) is 18.9. The van der Waals surface area contributed by atoms with Crippen LogP contribution in [0.1, 0.15) is 36.3 Å². The van der Waals surface area contributed by atoms with E-state index in [1.807, 2.05) is 24.3 Å². The number of aliphatic hydroxyl groups is 1. The molecule has 0 saturated carbocycles. The van der Waals surface area contributed by atoms with Crippen LogP contribution in [0.3, 0.4) is 0 Å². The van der Waals surface area contributed by atoms with E-state index in [-0.39, 0.29) is 24.9 Å². The predicted octanol–water partition coefficient (Wildman–Crippen LogP) is 1.06. The summed E-state index contributed by atoms with van der Waals surface area (Å²) in [6.45, 7) is -0.265. The fourth-order valence-electron chi connectivity index (χ4n) is 2.69. The Kier molecular flexibility index (Phi) is 4.74. The molecule has 0 heterocycles. The lowest BCUT2D eigenvalue weighted by Gasteiger charge is -2.26. The lowest BCUT2D eigenvalue weighted by molar-refractivity contribution is -0.142. The van der Waals surface area contributed by atoms with Crippen molar-refractivity contribution in [3.8, 4) is 0 Å². The van der Waals surface area contributed by atoms with Gasteiger partial charge in [0.1, 0.15) is 6.04 Å². The van der Waals surface area contributed by atoms with Crippen molar-refractivity contribution >= 4 is 11.9 Å². The van der Waals surface area contributed by atoms with E-state index in [4.69, 9.17) is 10.2 Å². The number of benzene rings is 1. The summed E-state index contributed by atoms with van der Waals surface area (Å²) in [4.78, 5) is 23.3. The Bertz CT molecular complexity index is 500. The quantitative estimate of drug-likeness (QED) is 0.751. The van der Waals surface area contributed by atoms with Gasteiger partial charge in [0, 0.05) is 13.0 Å². The summed E-state index contributed by atoms with van der Waals surface area (Å²) in [6.07, 6.45) is 2.63. The minimum Gasteiger partial charge on any atom is -0.480 e. The van der Waals surface area contributed by atoms with Crippen molar-refractivity contribution in [2.24, 2.45) is 0 Å². The van der Waals surface area contributed by atoms with Crippen LogP contribution < -0.4 is 5.32 Å². The Morgan fingerprint density at radius 1 is 1.35 bits per heavy atom. The third-order valence-electron chi connectivity index (χ3n) is 3.72. The number of rotatable bonds is 5. The second kappa shape index (κ2) is 6.52. The van der Waals surface area contributed by atoms with Gasteiger partial charge >= 0.3 is 5.97 Å². The molecule has 0 aromatic heterocycles. The highest BCUT2D eigenvalue weighted by molar-refractivity contribution is 5.88. The molecule has 1 aliphatic rings. The van der Waals surface area contributed by atoms with E-state index in [1.54, 1.807) is 0 Å². The number of carboxylic acid groups (broad SMARTS) is 1. The van der Waals surface area contributed by atoms with Crippen LogP contribution in [0.5, 0.6) is 0 Å². The molecule has 2 rings (SSSR count). The number of nitrogens with one attached hydrogen (secondary N) is 1. The number of aryl methyl sites for hydroxylation is 1. The van der Waals surface area contributed by atoms with Crippen LogP contribution in [0.25, 0.3) is 0 Å². The summed E-state index contributed by atoms with van der Waals surface area (Å²) >= 11 is 0. The predicted molar refractivity (Wildman–Crippen MR) is 73.4 cm³/mol. The fourth-order valence-corrected chi connectivity index (χ4v) is 2.69. The number of aliphatic carboxylic acids is 1. The summed E-state index contributed by atoms with van der Waals surface area (Å²) in [6, 6.07) is 6.76. The van der Waals surface area contributed by atoms with Crippen LogP contribution in [-0.4, -0.2) is 34.7 Å². The maximum Gasteiger partial charge on any atom is 0.326 e. The molecule has 2 atom stereocenters. The number of amides is 1. The Balaban J connectivity index is 2.12. The topological polar surface area (TPSA) is 86.6 Å². The Morgan fingerprint density at radius 2 is 2.10 bits per heavy atom. The Morgan fingerprint density at radius 3 is 2.80 bits per heavy atom. The molecule has 1 unspecified atom stereocenters. The van der Waals surface area contributed by atoms with Crippen molar-refractivity contribution in [1.29, 1.82) is 0 Å². The van der Waals surface area contributed by atoms with Gasteiger partial charge in [-0.15, -0.1) is 0 Å². The third kappa shape index (κ3) is 3.17. The van der Waals surface area contributed by atoms with Crippen LogP contribution in [0, 0.1) is 0 Å². The fraction of sp³-hybridized carbons (Fsp3) is 0.467. The number of hydrogen-bond donors (Lipinski definition) is 3. The van der Waals surface area contributed by atoms with Crippen LogP contribution in [0.15, 0.2) is 24.3 Å². The lowest BCUT2D eigenvalue weighted by Crippen LogP contribution is -2.44. The first-order chi connectivity index (χ1) is 9.63. The molecular weight excluding hydrogens is 258 g/mol. The summed E-state index contributed by atoms with van der Waals surface area (Å²) in [5, 5.41) is 20.4. The number of carbonyl (C=O) groups is 2. The van der Waals surface area contributed by atoms with Crippen molar-refractivity contribution in [1.82, 2.24) is 5.32 Å². The molecule has 0 spiro atoms. The van der Waals surface area contributed by atoms with Gasteiger partial charge in [-0.1, -0.05) is 24.3 Å². The molecule has 1 aromatic carbocycles. The largest absolute Gasteiger partial charge is 0.480 e. The van der Waals surface area contributed by atoms with Gasteiger partial charge in [-0.05, 0) is 30.4 Å². The maximum absolute atomic E-state index is 12.3. The first-order valence-corrected chi connectivity index (χ1v) is 6.85. The smallest absolute Gasteiger partial charge is 0.326 e. The number of carboxylic acids is 1. The molecular formula is C15H19NO4. The van der Waals surface area contributed by atoms with Crippen LogP contribution in [-0.2, 0) is 16.0 Å². The molecule has 0 fully saturated rings. The zero-order chi connectivity index (χ0) is 14.5. The van der Waals surface area contributed by atoms with Crippen molar-refractivity contribution in [2.75, 3.05) is 6.61 Å². The second-order valence-electron chi connectivity index (χ2n) is 5.06. The number of aliphatic hydroxyl groups excluding tert-OH is 1. The summed E-state index contributed by atoms with van der Waals surface area (Å²) in [7, 11) is 0. The first-order valence-electron chi connectivity index (χ1n) is 6.85. The monoisotopic (exact) mass is 277 g/mol. The van der Waals surface area contributed by atoms with E-state index in [0.717, 1.165) is 30.4 Å². The second-order valence-corrected chi connectivity index (χ2v) is 5.06. The van der Waals surface area contributed by atoms with E-state index >= 15 is 0 Å². The summed E-state index contributed by atoms with van der Waals surface area (Å²) < 4.78 is 0. The van der Waals surface area contributed by atoms with Crippen molar-refractivity contribution in [3.05, 3.63) is 35.4 Å². The molecule has 5 nitrogen and oxygen atoms in total. The molecule has 1 aromatic rings. The van der Waals surface area contributed by atoms with Crippen molar-refractivity contribution in [2.45, 2.75) is 37.6 Å². The molecule has 0 bridgehead atoms. The lowest BCUT2D eigenvalue weighted by atomic mass is 9.82. The van der Waals surface area contributed by atoms with E-state index in [1.165, 1.54) is 0 Å². The van der Waals surface area contributed by atoms with Crippen LogP contribution in [0.4, 0.5) is 0 Å². The zero-order valence-electron chi connectivity index (χ0n) is 11.2. The van der Waals surface area contributed by atoms with Gasteiger partial charge in [0.05, 0.1) is 5.92 Å². The molecule has 0 aliphatic heterocycles. The third-order valence-corrected chi connectivity index (χ3v) is 3.72. The van der Waals surface area contributed by atoms with Gasteiger partial charge in [0.15, 0.2) is 0 Å². The van der Waals surface area contributed by atoms with E-state index in [0.29, 0.717) is 0 Å². The standard InChI is InChI=1S/C15H19NO4/c17-9-8-13(15(19)20)16-14(18)12-7-3-5-10-4-1-2-6-11(10)12/h1-2,4,6,12-13,17H,3,5,7-9H2,(H,16,18)(H,19,20)/t12?,13-/m1/s1. The molecule has 20 heavy (non-hydrogen) atoms. The first kappa shape index (κ1) is 14.5. The van der Waals surface area contributed by atoms with Crippen molar-refractivity contribution < 1.29 is 19.8 Å². The SMILES string of the molecule is O=C(N[C@H](CCO)C(=O)O)C1CCCc2ccccc21. The average Bonchev–Trinajstić information content (AvgIpc) is 2.46.